The summed E-state index contributed by atoms with van der Waals surface area (Å²) in [4.78, 5) is 21.0. The number of aryl methyl sites for hydroxylation is 1. The van der Waals surface area contributed by atoms with Crippen molar-refractivity contribution in [1.29, 1.82) is 0 Å². The predicted molar refractivity (Wildman–Crippen MR) is 95.5 cm³/mol. The minimum atomic E-state index is -0.00947. The van der Waals surface area contributed by atoms with E-state index in [1.165, 1.54) is 10.9 Å². The summed E-state index contributed by atoms with van der Waals surface area (Å²) in [5, 5.41) is 1.23. The van der Waals surface area contributed by atoms with E-state index < -0.39 is 0 Å². The molecule has 0 atom stereocenters. The monoisotopic (exact) mass is 338 g/mol. The highest BCUT2D eigenvalue weighted by atomic mass is 16.3. The second-order valence-corrected chi connectivity index (χ2v) is 6.50. The van der Waals surface area contributed by atoms with Crippen molar-refractivity contribution in [3.63, 3.8) is 0 Å². The Bertz CT molecular complexity index is 861. The summed E-state index contributed by atoms with van der Waals surface area (Å²) in [6, 6.07) is 7.61. The molecule has 0 aliphatic carbocycles. The Morgan fingerprint density at radius 3 is 2.80 bits per heavy atom. The third-order valence-electron chi connectivity index (χ3n) is 4.91. The van der Waals surface area contributed by atoms with Gasteiger partial charge in [-0.3, -0.25) is 9.69 Å². The minimum Gasteiger partial charge on any atom is -0.459 e. The lowest BCUT2D eigenvalue weighted by atomic mass is 10.1. The molecule has 4 heterocycles. The van der Waals surface area contributed by atoms with Gasteiger partial charge in [0.15, 0.2) is 5.76 Å². The zero-order chi connectivity index (χ0) is 17.2. The predicted octanol–water partition coefficient (Wildman–Crippen LogP) is 2.17. The molecule has 6 heteroatoms. The van der Waals surface area contributed by atoms with Gasteiger partial charge in [-0.25, -0.2) is 4.98 Å². The van der Waals surface area contributed by atoms with E-state index >= 15 is 0 Å². The van der Waals surface area contributed by atoms with Crippen LogP contribution in [0.3, 0.4) is 0 Å². The quantitative estimate of drug-likeness (QED) is 0.732. The minimum absolute atomic E-state index is 0.00947. The first-order valence-electron chi connectivity index (χ1n) is 8.66. The summed E-state index contributed by atoms with van der Waals surface area (Å²) >= 11 is 0. The number of carbonyl (C=O) groups excluding carboxylic acids is 1. The first-order chi connectivity index (χ1) is 12.2. The normalized spacial score (nSPS) is 15.8. The molecule has 1 amide bonds. The topological polar surface area (TPSA) is 54.5 Å². The van der Waals surface area contributed by atoms with Crippen molar-refractivity contribution < 1.29 is 9.21 Å². The molecule has 0 unspecified atom stereocenters. The first-order valence-corrected chi connectivity index (χ1v) is 8.66. The first kappa shape index (κ1) is 15.9. The summed E-state index contributed by atoms with van der Waals surface area (Å²) in [6.07, 6.45) is 6.55. The van der Waals surface area contributed by atoms with Gasteiger partial charge in [0.25, 0.3) is 5.91 Å². The second-order valence-electron chi connectivity index (χ2n) is 6.50. The number of furan rings is 1. The zero-order valence-corrected chi connectivity index (χ0v) is 14.4. The number of nitrogens with zero attached hydrogens (tertiary/aromatic N) is 4. The molecule has 3 aromatic heterocycles. The van der Waals surface area contributed by atoms with E-state index in [1.807, 2.05) is 24.2 Å². The number of hydrogen-bond acceptors (Lipinski definition) is 4. The summed E-state index contributed by atoms with van der Waals surface area (Å²) in [7, 11) is 2.04. The number of amides is 1. The lowest BCUT2D eigenvalue weighted by Gasteiger charge is -2.34. The second kappa shape index (κ2) is 6.72. The van der Waals surface area contributed by atoms with Crippen LogP contribution in [0.15, 0.2) is 47.3 Å². The van der Waals surface area contributed by atoms with Crippen LogP contribution in [0.2, 0.25) is 0 Å². The molecule has 0 radical (unpaired) electrons. The fourth-order valence-corrected chi connectivity index (χ4v) is 3.50. The highest BCUT2D eigenvalue weighted by Crippen LogP contribution is 2.19. The van der Waals surface area contributed by atoms with Gasteiger partial charge >= 0.3 is 0 Å². The summed E-state index contributed by atoms with van der Waals surface area (Å²) in [6.45, 7) is 4.29. The van der Waals surface area contributed by atoms with Gasteiger partial charge in [0.2, 0.25) is 0 Å². The molecule has 3 aromatic rings. The van der Waals surface area contributed by atoms with E-state index in [0.29, 0.717) is 5.76 Å². The summed E-state index contributed by atoms with van der Waals surface area (Å²) in [5.41, 5.74) is 2.37. The van der Waals surface area contributed by atoms with Gasteiger partial charge in [0.1, 0.15) is 5.65 Å². The third-order valence-corrected chi connectivity index (χ3v) is 4.91. The molecule has 4 rings (SSSR count). The Hall–Kier alpha value is -2.60. The van der Waals surface area contributed by atoms with Crippen LogP contribution in [0.1, 0.15) is 16.1 Å². The smallest absolute Gasteiger partial charge is 0.289 e. The van der Waals surface area contributed by atoms with Crippen LogP contribution in [0.4, 0.5) is 0 Å². The van der Waals surface area contributed by atoms with Crippen LogP contribution in [0, 0.1) is 0 Å². The fraction of sp³-hybridized carbons (Fsp3) is 0.368. The molecule has 1 saturated heterocycles. The van der Waals surface area contributed by atoms with Gasteiger partial charge in [-0.15, -0.1) is 0 Å². The molecule has 0 N–H and O–H groups in total. The number of aromatic nitrogens is 2. The molecule has 1 fully saturated rings. The molecule has 1 aliphatic rings. The largest absolute Gasteiger partial charge is 0.459 e. The number of hydrogen-bond donors (Lipinski definition) is 0. The molecule has 0 bridgehead atoms. The Morgan fingerprint density at radius 1 is 1.20 bits per heavy atom. The van der Waals surface area contributed by atoms with E-state index in [0.717, 1.165) is 44.8 Å². The molecule has 25 heavy (non-hydrogen) atoms. The molecule has 0 aromatic carbocycles. The lowest BCUT2D eigenvalue weighted by molar-refractivity contribution is 0.0607. The Morgan fingerprint density at radius 2 is 2.04 bits per heavy atom. The standard InChI is InChI=1S/C19H22N4O2/c1-21-14-15(16-4-2-7-20-18(16)21)6-8-22-9-11-23(12-10-22)19(24)17-5-3-13-25-17/h2-5,7,13-14H,6,8-12H2,1H3. The van der Waals surface area contributed by atoms with Crippen molar-refractivity contribution in [3.8, 4) is 0 Å². The Balaban J connectivity index is 1.34. The molecule has 130 valence electrons. The number of pyridine rings is 1. The van der Waals surface area contributed by atoms with E-state index in [9.17, 15) is 4.79 Å². The highest BCUT2D eigenvalue weighted by Gasteiger charge is 2.23. The van der Waals surface area contributed by atoms with E-state index in [-0.39, 0.29) is 5.91 Å². The average molecular weight is 338 g/mol. The van der Waals surface area contributed by atoms with Crippen LogP contribution in [-0.2, 0) is 13.5 Å². The number of rotatable bonds is 4. The van der Waals surface area contributed by atoms with Gasteiger partial charge in [-0.05, 0) is 36.2 Å². The van der Waals surface area contributed by atoms with E-state index in [4.69, 9.17) is 4.42 Å². The zero-order valence-electron chi connectivity index (χ0n) is 14.4. The maximum absolute atomic E-state index is 12.3. The van der Waals surface area contributed by atoms with Gasteiger partial charge in [-0.1, -0.05) is 0 Å². The number of piperazine rings is 1. The average Bonchev–Trinajstić information content (AvgIpc) is 3.29. The maximum Gasteiger partial charge on any atom is 0.289 e. The van der Waals surface area contributed by atoms with Crippen molar-refractivity contribution in [2.45, 2.75) is 6.42 Å². The van der Waals surface area contributed by atoms with Crippen molar-refractivity contribution in [3.05, 3.63) is 54.2 Å². The molecule has 6 nitrogen and oxygen atoms in total. The van der Waals surface area contributed by atoms with E-state index in [1.54, 1.807) is 18.4 Å². The molecule has 0 saturated carbocycles. The van der Waals surface area contributed by atoms with Gasteiger partial charge < -0.3 is 13.9 Å². The Kier molecular flexibility index (Phi) is 4.28. The highest BCUT2D eigenvalue weighted by molar-refractivity contribution is 5.91. The molecule has 1 aliphatic heterocycles. The van der Waals surface area contributed by atoms with Crippen LogP contribution >= 0.6 is 0 Å². The van der Waals surface area contributed by atoms with E-state index in [2.05, 4.69) is 26.7 Å². The molecule has 0 spiro atoms. The fourth-order valence-electron chi connectivity index (χ4n) is 3.50. The van der Waals surface area contributed by atoms with Crippen molar-refractivity contribution in [1.82, 2.24) is 19.4 Å². The van der Waals surface area contributed by atoms with Crippen LogP contribution < -0.4 is 0 Å². The van der Waals surface area contributed by atoms with Gasteiger partial charge in [0.05, 0.1) is 6.26 Å². The maximum atomic E-state index is 12.3. The third kappa shape index (κ3) is 3.17. The lowest BCUT2D eigenvalue weighted by Crippen LogP contribution is -2.49. The molecular weight excluding hydrogens is 316 g/mol. The van der Waals surface area contributed by atoms with Gasteiger partial charge in [-0.2, -0.15) is 0 Å². The van der Waals surface area contributed by atoms with Crippen molar-refractivity contribution >= 4 is 16.9 Å². The number of carbonyl (C=O) groups is 1. The van der Waals surface area contributed by atoms with Crippen LogP contribution in [-0.4, -0.2) is 58.0 Å². The Labute approximate surface area is 146 Å². The number of fused-ring (bicyclic) bond motifs is 1. The van der Waals surface area contributed by atoms with Crippen LogP contribution in [0.5, 0.6) is 0 Å². The molecular formula is C19H22N4O2. The SMILES string of the molecule is Cn1cc(CCN2CCN(C(=O)c3ccco3)CC2)c2cccnc21. The summed E-state index contributed by atoms with van der Waals surface area (Å²) < 4.78 is 7.30. The van der Waals surface area contributed by atoms with Gasteiger partial charge in [0, 0.05) is 57.6 Å². The summed E-state index contributed by atoms with van der Waals surface area (Å²) in [5.74, 6) is 0.418. The van der Waals surface area contributed by atoms with Crippen molar-refractivity contribution in [2.75, 3.05) is 32.7 Å². The van der Waals surface area contributed by atoms with Crippen LogP contribution in [0.25, 0.3) is 11.0 Å². The van der Waals surface area contributed by atoms with Crippen molar-refractivity contribution in [2.24, 2.45) is 7.05 Å².